The molecule has 2 rings (SSSR count). The summed E-state index contributed by atoms with van der Waals surface area (Å²) in [6.07, 6.45) is 3.32. The van der Waals surface area contributed by atoms with Crippen molar-refractivity contribution in [3.63, 3.8) is 0 Å². The Balaban J connectivity index is 2.03. The monoisotopic (exact) mass is 266 g/mol. The maximum absolute atomic E-state index is 11.5. The Labute approximate surface area is 109 Å². The third-order valence-electron chi connectivity index (χ3n) is 2.30. The van der Waals surface area contributed by atoms with E-state index in [1.165, 1.54) is 11.3 Å². The summed E-state index contributed by atoms with van der Waals surface area (Å²) in [7, 11) is 1.92. The molecule has 0 atom stereocenters. The molecule has 5 nitrogen and oxygen atoms in total. The first-order valence-corrected chi connectivity index (χ1v) is 6.43. The third-order valence-corrected chi connectivity index (χ3v) is 3.26. The van der Waals surface area contributed by atoms with E-state index < -0.39 is 0 Å². The van der Waals surface area contributed by atoms with Crippen LogP contribution in [0.15, 0.2) is 28.4 Å². The fraction of sp³-hybridized carbons (Fsp3) is 0.333. The molecule has 2 heterocycles. The fourth-order valence-corrected chi connectivity index (χ4v) is 2.22. The Morgan fingerprint density at radius 3 is 3.11 bits per heavy atom. The molecule has 0 aliphatic carbocycles. The van der Waals surface area contributed by atoms with Crippen LogP contribution in [0.2, 0.25) is 0 Å². The van der Waals surface area contributed by atoms with Gasteiger partial charge in [0.05, 0.1) is 19.1 Å². The average Bonchev–Trinajstić information content (AvgIpc) is 2.99. The van der Waals surface area contributed by atoms with Gasteiger partial charge in [-0.1, -0.05) is 0 Å². The zero-order valence-electron chi connectivity index (χ0n) is 10.3. The molecular formula is C12H14N2O3S. The number of hydrogen-bond donors (Lipinski definition) is 0. The molecule has 0 bridgehead atoms. The second-order valence-electron chi connectivity index (χ2n) is 3.72. The molecule has 0 amide bonds. The van der Waals surface area contributed by atoms with E-state index in [4.69, 9.17) is 9.15 Å². The van der Waals surface area contributed by atoms with Crippen LogP contribution in [0.3, 0.4) is 0 Å². The summed E-state index contributed by atoms with van der Waals surface area (Å²) < 4.78 is 9.91. The van der Waals surface area contributed by atoms with Gasteiger partial charge in [0.2, 0.25) is 0 Å². The van der Waals surface area contributed by atoms with Crippen molar-refractivity contribution < 1.29 is 13.9 Å². The number of aromatic nitrogens is 1. The molecule has 0 N–H and O–H groups in total. The standard InChI is InChI=1S/C12H14N2O3S/c1-3-17-11(15)10-8-18-12(13-10)14(2)6-9-4-5-16-7-9/h4-5,7-8H,3,6H2,1-2H3. The van der Waals surface area contributed by atoms with Gasteiger partial charge >= 0.3 is 5.97 Å². The molecule has 0 saturated carbocycles. The summed E-state index contributed by atoms with van der Waals surface area (Å²) in [6.45, 7) is 2.82. The second-order valence-corrected chi connectivity index (χ2v) is 4.56. The number of carbonyl (C=O) groups is 1. The van der Waals surface area contributed by atoms with E-state index in [1.807, 2.05) is 18.0 Å². The molecule has 0 radical (unpaired) electrons. The number of esters is 1. The van der Waals surface area contributed by atoms with Gasteiger partial charge in [0.15, 0.2) is 10.8 Å². The molecule has 0 unspecified atom stereocenters. The number of carbonyl (C=O) groups excluding carboxylic acids is 1. The SMILES string of the molecule is CCOC(=O)c1csc(N(C)Cc2ccoc2)n1. The summed E-state index contributed by atoms with van der Waals surface area (Å²) in [4.78, 5) is 17.7. The topological polar surface area (TPSA) is 55.6 Å². The summed E-state index contributed by atoms with van der Waals surface area (Å²) >= 11 is 1.42. The van der Waals surface area contributed by atoms with Crippen molar-refractivity contribution in [2.45, 2.75) is 13.5 Å². The molecular weight excluding hydrogens is 252 g/mol. The Hall–Kier alpha value is -1.82. The van der Waals surface area contributed by atoms with Crippen molar-refractivity contribution in [1.29, 1.82) is 0 Å². The summed E-state index contributed by atoms with van der Waals surface area (Å²) in [6, 6.07) is 1.90. The van der Waals surface area contributed by atoms with E-state index in [1.54, 1.807) is 24.8 Å². The van der Waals surface area contributed by atoms with E-state index >= 15 is 0 Å². The molecule has 96 valence electrons. The Kier molecular flexibility index (Phi) is 3.99. The number of ether oxygens (including phenoxy) is 1. The molecule has 0 aromatic carbocycles. The van der Waals surface area contributed by atoms with Crippen molar-refractivity contribution in [1.82, 2.24) is 4.98 Å². The molecule has 2 aromatic heterocycles. The van der Waals surface area contributed by atoms with Crippen LogP contribution in [0, 0.1) is 0 Å². The van der Waals surface area contributed by atoms with Gasteiger partial charge in [-0.25, -0.2) is 9.78 Å². The van der Waals surface area contributed by atoms with Crippen LogP contribution in [0.25, 0.3) is 0 Å². The van der Waals surface area contributed by atoms with Crippen molar-refractivity contribution in [3.05, 3.63) is 35.2 Å². The van der Waals surface area contributed by atoms with Crippen molar-refractivity contribution >= 4 is 22.4 Å². The highest BCUT2D eigenvalue weighted by atomic mass is 32.1. The maximum Gasteiger partial charge on any atom is 0.357 e. The predicted octanol–water partition coefficient (Wildman–Crippen LogP) is 2.55. The maximum atomic E-state index is 11.5. The van der Waals surface area contributed by atoms with Gasteiger partial charge in [0.1, 0.15) is 0 Å². The highest BCUT2D eigenvalue weighted by molar-refractivity contribution is 7.13. The van der Waals surface area contributed by atoms with Gasteiger partial charge in [0, 0.05) is 24.5 Å². The van der Waals surface area contributed by atoms with Crippen LogP contribution in [0.5, 0.6) is 0 Å². The van der Waals surface area contributed by atoms with Crippen molar-refractivity contribution in [3.8, 4) is 0 Å². The second kappa shape index (κ2) is 5.68. The zero-order chi connectivity index (χ0) is 13.0. The summed E-state index contributed by atoms with van der Waals surface area (Å²) in [5.41, 5.74) is 1.42. The molecule has 0 aliphatic rings. The number of anilines is 1. The van der Waals surface area contributed by atoms with Crippen LogP contribution in [-0.4, -0.2) is 24.6 Å². The Bertz CT molecular complexity index is 507. The minimum Gasteiger partial charge on any atom is -0.472 e. The molecule has 0 spiro atoms. The average molecular weight is 266 g/mol. The van der Waals surface area contributed by atoms with E-state index in [0.717, 1.165) is 10.7 Å². The Morgan fingerprint density at radius 2 is 2.44 bits per heavy atom. The van der Waals surface area contributed by atoms with Gasteiger partial charge in [-0.2, -0.15) is 0 Å². The zero-order valence-corrected chi connectivity index (χ0v) is 11.1. The van der Waals surface area contributed by atoms with E-state index in [2.05, 4.69) is 4.98 Å². The Morgan fingerprint density at radius 1 is 1.61 bits per heavy atom. The highest BCUT2D eigenvalue weighted by Crippen LogP contribution is 2.21. The quantitative estimate of drug-likeness (QED) is 0.778. The van der Waals surface area contributed by atoms with Crippen LogP contribution in [-0.2, 0) is 11.3 Å². The summed E-state index contributed by atoms with van der Waals surface area (Å²) in [5, 5.41) is 2.48. The van der Waals surface area contributed by atoms with Gasteiger partial charge in [-0.05, 0) is 13.0 Å². The number of hydrogen-bond acceptors (Lipinski definition) is 6. The molecule has 0 saturated heterocycles. The molecule has 6 heteroatoms. The number of nitrogens with zero attached hydrogens (tertiary/aromatic N) is 2. The van der Waals surface area contributed by atoms with Crippen LogP contribution >= 0.6 is 11.3 Å². The van der Waals surface area contributed by atoms with Crippen LogP contribution in [0.1, 0.15) is 23.0 Å². The van der Waals surface area contributed by atoms with Crippen LogP contribution < -0.4 is 4.90 Å². The number of furan rings is 1. The largest absolute Gasteiger partial charge is 0.472 e. The van der Waals surface area contributed by atoms with E-state index in [0.29, 0.717) is 18.8 Å². The minimum absolute atomic E-state index is 0.357. The lowest BCUT2D eigenvalue weighted by molar-refractivity contribution is 0.0520. The molecule has 0 aliphatic heterocycles. The predicted molar refractivity (Wildman–Crippen MR) is 68.9 cm³/mol. The molecule has 2 aromatic rings. The summed E-state index contributed by atoms with van der Waals surface area (Å²) in [5.74, 6) is -0.378. The van der Waals surface area contributed by atoms with Crippen molar-refractivity contribution in [2.75, 3.05) is 18.6 Å². The number of rotatable bonds is 5. The lowest BCUT2D eigenvalue weighted by Gasteiger charge is -2.13. The minimum atomic E-state index is -0.378. The first-order chi connectivity index (χ1) is 8.70. The van der Waals surface area contributed by atoms with Crippen molar-refractivity contribution in [2.24, 2.45) is 0 Å². The van der Waals surface area contributed by atoms with E-state index in [-0.39, 0.29) is 5.97 Å². The van der Waals surface area contributed by atoms with Gasteiger partial charge in [-0.15, -0.1) is 11.3 Å². The first-order valence-electron chi connectivity index (χ1n) is 5.55. The smallest absolute Gasteiger partial charge is 0.357 e. The van der Waals surface area contributed by atoms with Gasteiger partial charge in [-0.3, -0.25) is 0 Å². The van der Waals surface area contributed by atoms with Gasteiger partial charge < -0.3 is 14.1 Å². The first kappa shape index (κ1) is 12.6. The molecule has 18 heavy (non-hydrogen) atoms. The highest BCUT2D eigenvalue weighted by Gasteiger charge is 2.14. The lowest BCUT2D eigenvalue weighted by Crippen LogP contribution is -2.16. The van der Waals surface area contributed by atoms with Gasteiger partial charge in [0.25, 0.3) is 0 Å². The fourth-order valence-electron chi connectivity index (χ4n) is 1.46. The normalized spacial score (nSPS) is 10.3. The third kappa shape index (κ3) is 2.89. The molecule has 0 fully saturated rings. The van der Waals surface area contributed by atoms with Crippen LogP contribution in [0.4, 0.5) is 5.13 Å². The lowest BCUT2D eigenvalue weighted by atomic mass is 10.3. The van der Waals surface area contributed by atoms with E-state index in [9.17, 15) is 4.79 Å². The number of thiazole rings is 1.